The van der Waals surface area contributed by atoms with Crippen molar-refractivity contribution in [1.29, 1.82) is 0 Å². The van der Waals surface area contributed by atoms with Gasteiger partial charge < -0.3 is 4.74 Å². The molecule has 0 radical (unpaired) electrons. The SMILES string of the molecule is O=C(OCc1ccc(-n2cccn2)cc1)c1ccc(Br)cc1F. The van der Waals surface area contributed by atoms with Gasteiger partial charge in [0.15, 0.2) is 0 Å². The lowest BCUT2D eigenvalue weighted by molar-refractivity contribution is 0.0467. The van der Waals surface area contributed by atoms with Gasteiger partial charge in [-0.15, -0.1) is 0 Å². The summed E-state index contributed by atoms with van der Waals surface area (Å²) in [6.07, 6.45) is 3.54. The van der Waals surface area contributed by atoms with Gasteiger partial charge in [-0.2, -0.15) is 5.10 Å². The fourth-order valence-electron chi connectivity index (χ4n) is 2.05. The molecule has 0 saturated heterocycles. The minimum Gasteiger partial charge on any atom is -0.457 e. The molecule has 0 atom stereocenters. The minimum atomic E-state index is -0.689. The molecule has 0 aliphatic carbocycles. The van der Waals surface area contributed by atoms with Crippen LogP contribution in [-0.4, -0.2) is 15.7 Å². The number of hydrogen-bond donors (Lipinski definition) is 0. The molecule has 1 aromatic heterocycles. The molecule has 0 saturated carbocycles. The standard InChI is InChI=1S/C17H12BrFN2O2/c18-13-4-7-15(16(19)10-13)17(22)23-11-12-2-5-14(6-3-12)21-9-1-8-20-21/h1-10H,11H2. The summed E-state index contributed by atoms with van der Waals surface area (Å²) in [7, 11) is 0. The second-order valence-corrected chi connectivity index (χ2v) is 5.73. The molecule has 1 heterocycles. The lowest BCUT2D eigenvalue weighted by Gasteiger charge is -2.07. The molecule has 3 rings (SSSR count). The van der Waals surface area contributed by atoms with E-state index >= 15 is 0 Å². The van der Waals surface area contributed by atoms with Gasteiger partial charge in [-0.1, -0.05) is 28.1 Å². The highest BCUT2D eigenvalue weighted by molar-refractivity contribution is 9.10. The van der Waals surface area contributed by atoms with Crippen molar-refractivity contribution in [2.75, 3.05) is 0 Å². The third-order valence-electron chi connectivity index (χ3n) is 3.23. The van der Waals surface area contributed by atoms with Crippen LogP contribution in [-0.2, 0) is 11.3 Å². The molecular formula is C17H12BrFN2O2. The predicted octanol–water partition coefficient (Wildman–Crippen LogP) is 4.13. The van der Waals surface area contributed by atoms with Crippen molar-refractivity contribution in [1.82, 2.24) is 9.78 Å². The molecule has 2 aromatic carbocycles. The largest absolute Gasteiger partial charge is 0.457 e. The van der Waals surface area contributed by atoms with Gasteiger partial charge in [0.25, 0.3) is 0 Å². The highest BCUT2D eigenvalue weighted by Gasteiger charge is 2.13. The number of benzene rings is 2. The molecular weight excluding hydrogens is 363 g/mol. The van der Waals surface area contributed by atoms with Crippen LogP contribution in [0, 0.1) is 5.82 Å². The lowest BCUT2D eigenvalue weighted by Crippen LogP contribution is -2.07. The van der Waals surface area contributed by atoms with Crippen LogP contribution in [0.3, 0.4) is 0 Å². The topological polar surface area (TPSA) is 44.1 Å². The van der Waals surface area contributed by atoms with Crippen molar-refractivity contribution in [2.45, 2.75) is 6.61 Å². The molecule has 116 valence electrons. The van der Waals surface area contributed by atoms with Gasteiger partial charge >= 0.3 is 5.97 Å². The molecule has 0 spiro atoms. The van der Waals surface area contributed by atoms with E-state index in [9.17, 15) is 9.18 Å². The van der Waals surface area contributed by atoms with E-state index in [0.29, 0.717) is 4.47 Å². The predicted molar refractivity (Wildman–Crippen MR) is 86.8 cm³/mol. The van der Waals surface area contributed by atoms with E-state index in [0.717, 1.165) is 11.3 Å². The molecule has 23 heavy (non-hydrogen) atoms. The summed E-state index contributed by atoms with van der Waals surface area (Å²) in [4.78, 5) is 11.9. The third kappa shape index (κ3) is 3.65. The van der Waals surface area contributed by atoms with E-state index < -0.39 is 11.8 Å². The number of carbonyl (C=O) groups excluding carboxylic acids is 1. The van der Waals surface area contributed by atoms with Crippen LogP contribution in [0.2, 0.25) is 0 Å². The molecule has 0 fully saturated rings. The van der Waals surface area contributed by atoms with Crippen molar-refractivity contribution in [3.05, 3.63) is 82.3 Å². The second-order valence-electron chi connectivity index (χ2n) is 4.82. The van der Waals surface area contributed by atoms with Gasteiger partial charge in [-0.3, -0.25) is 0 Å². The van der Waals surface area contributed by atoms with E-state index in [4.69, 9.17) is 4.74 Å². The number of ether oxygens (including phenoxy) is 1. The Bertz CT molecular complexity index is 817. The lowest BCUT2D eigenvalue weighted by atomic mass is 10.2. The Morgan fingerprint density at radius 2 is 2.00 bits per heavy atom. The molecule has 0 N–H and O–H groups in total. The molecule has 0 amide bonds. The Labute approximate surface area is 140 Å². The molecule has 0 aliphatic heterocycles. The monoisotopic (exact) mass is 374 g/mol. The molecule has 3 aromatic rings. The molecule has 0 unspecified atom stereocenters. The third-order valence-corrected chi connectivity index (χ3v) is 3.72. The summed E-state index contributed by atoms with van der Waals surface area (Å²) in [5, 5.41) is 4.13. The number of aromatic nitrogens is 2. The maximum Gasteiger partial charge on any atom is 0.341 e. The van der Waals surface area contributed by atoms with E-state index in [-0.39, 0.29) is 12.2 Å². The first-order valence-electron chi connectivity index (χ1n) is 6.84. The van der Waals surface area contributed by atoms with Crippen LogP contribution >= 0.6 is 15.9 Å². The van der Waals surface area contributed by atoms with E-state index in [1.807, 2.05) is 36.5 Å². The van der Waals surface area contributed by atoms with Crippen LogP contribution < -0.4 is 0 Å². The van der Waals surface area contributed by atoms with Crippen LogP contribution in [0.15, 0.2) is 65.4 Å². The summed E-state index contributed by atoms with van der Waals surface area (Å²) in [6.45, 7) is 0.0771. The smallest absolute Gasteiger partial charge is 0.341 e. The van der Waals surface area contributed by atoms with E-state index in [1.165, 1.54) is 12.1 Å². The zero-order valence-electron chi connectivity index (χ0n) is 11.9. The number of esters is 1. The average Bonchev–Trinajstić information content (AvgIpc) is 3.07. The fourth-order valence-corrected chi connectivity index (χ4v) is 2.38. The van der Waals surface area contributed by atoms with Crippen molar-refractivity contribution in [2.24, 2.45) is 0 Å². The Hall–Kier alpha value is -2.47. The average molecular weight is 375 g/mol. The summed E-state index contributed by atoms with van der Waals surface area (Å²) in [5.41, 5.74) is 1.64. The van der Waals surface area contributed by atoms with E-state index in [1.54, 1.807) is 16.9 Å². The van der Waals surface area contributed by atoms with Gasteiger partial charge in [-0.05, 0) is 42.0 Å². The van der Waals surface area contributed by atoms with Crippen LogP contribution in [0.25, 0.3) is 5.69 Å². The van der Waals surface area contributed by atoms with Gasteiger partial charge in [0, 0.05) is 16.9 Å². The Kier molecular flexibility index (Phi) is 4.52. The number of nitrogens with zero attached hydrogens (tertiary/aromatic N) is 2. The Balaban J connectivity index is 1.65. The van der Waals surface area contributed by atoms with Gasteiger partial charge in [0.05, 0.1) is 11.3 Å². The Morgan fingerprint density at radius 1 is 1.22 bits per heavy atom. The quantitative estimate of drug-likeness (QED) is 0.644. The highest BCUT2D eigenvalue weighted by Crippen LogP contribution is 2.17. The summed E-state index contributed by atoms with van der Waals surface area (Å²) in [6, 6.07) is 13.5. The van der Waals surface area contributed by atoms with Gasteiger partial charge in [-0.25, -0.2) is 13.9 Å². The summed E-state index contributed by atoms with van der Waals surface area (Å²) >= 11 is 3.14. The van der Waals surface area contributed by atoms with Crippen molar-refractivity contribution >= 4 is 21.9 Å². The highest BCUT2D eigenvalue weighted by atomic mass is 79.9. The van der Waals surface area contributed by atoms with Gasteiger partial charge in [0.2, 0.25) is 0 Å². The number of rotatable bonds is 4. The Morgan fingerprint density at radius 3 is 2.65 bits per heavy atom. The first kappa shape index (κ1) is 15.4. The van der Waals surface area contributed by atoms with E-state index in [2.05, 4.69) is 21.0 Å². The number of hydrogen-bond acceptors (Lipinski definition) is 3. The first-order chi connectivity index (χ1) is 11.1. The fraction of sp³-hybridized carbons (Fsp3) is 0.0588. The maximum absolute atomic E-state index is 13.7. The molecule has 6 heteroatoms. The maximum atomic E-state index is 13.7. The summed E-state index contributed by atoms with van der Waals surface area (Å²) < 4.78 is 21.1. The zero-order valence-corrected chi connectivity index (χ0v) is 13.5. The first-order valence-corrected chi connectivity index (χ1v) is 7.64. The summed E-state index contributed by atoms with van der Waals surface area (Å²) in [5.74, 6) is -1.30. The normalized spacial score (nSPS) is 10.5. The van der Waals surface area contributed by atoms with Gasteiger partial charge in [0.1, 0.15) is 12.4 Å². The second kappa shape index (κ2) is 6.75. The minimum absolute atomic E-state index is 0.0771. The van der Waals surface area contributed by atoms with Crippen molar-refractivity contribution in [3.8, 4) is 5.69 Å². The van der Waals surface area contributed by atoms with Crippen LogP contribution in [0.4, 0.5) is 4.39 Å². The molecule has 4 nitrogen and oxygen atoms in total. The number of halogens is 2. The molecule has 0 bridgehead atoms. The van der Waals surface area contributed by atoms with Crippen molar-refractivity contribution < 1.29 is 13.9 Å². The van der Waals surface area contributed by atoms with Crippen molar-refractivity contribution in [3.63, 3.8) is 0 Å². The molecule has 0 aliphatic rings. The van der Waals surface area contributed by atoms with Crippen LogP contribution in [0.5, 0.6) is 0 Å². The zero-order chi connectivity index (χ0) is 16.2. The number of carbonyl (C=O) groups is 1. The van der Waals surface area contributed by atoms with Crippen LogP contribution in [0.1, 0.15) is 15.9 Å².